The molecule has 0 fully saturated rings. The van der Waals surface area contributed by atoms with Crippen molar-refractivity contribution in [1.29, 1.82) is 0 Å². The molecule has 5 nitrogen and oxygen atoms in total. The average Bonchev–Trinajstić information content (AvgIpc) is 2.80. The van der Waals surface area contributed by atoms with Gasteiger partial charge in [-0.1, -0.05) is 36.7 Å². The van der Waals surface area contributed by atoms with Crippen LogP contribution in [0.3, 0.4) is 0 Å². The van der Waals surface area contributed by atoms with Crippen molar-refractivity contribution < 1.29 is 18.3 Å². The van der Waals surface area contributed by atoms with Gasteiger partial charge in [-0.2, -0.15) is 0 Å². The topological polar surface area (TPSA) is 68.5 Å². The maximum absolute atomic E-state index is 13.8. The molecule has 0 aliphatic heterocycles. The third-order valence-corrected chi connectivity index (χ3v) is 5.18. The van der Waals surface area contributed by atoms with Gasteiger partial charge in [0.2, 0.25) is 11.2 Å². The van der Waals surface area contributed by atoms with Crippen LogP contribution in [0, 0.1) is 5.82 Å². The highest BCUT2D eigenvalue weighted by Gasteiger charge is 2.19. The SMILES string of the molecule is CCc1ccc2oc(-c3ccc(Cl)cc3)c(OCC(=O)Nc3ccccc3F)c(=O)c2c1. The summed E-state index contributed by atoms with van der Waals surface area (Å²) >= 11 is 5.98. The number of carbonyl (C=O) groups is 1. The second-order valence-electron chi connectivity index (χ2n) is 7.10. The van der Waals surface area contributed by atoms with E-state index in [1.165, 1.54) is 18.2 Å². The largest absolute Gasteiger partial charge is 0.476 e. The fraction of sp³-hybridized carbons (Fsp3) is 0.120. The minimum atomic E-state index is -0.612. The molecule has 1 N–H and O–H groups in total. The first-order valence-electron chi connectivity index (χ1n) is 9.99. The zero-order valence-electron chi connectivity index (χ0n) is 17.2. The lowest BCUT2D eigenvalue weighted by Gasteiger charge is -2.12. The Kier molecular flexibility index (Phi) is 6.23. The quantitative estimate of drug-likeness (QED) is 0.400. The van der Waals surface area contributed by atoms with Crippen molar-refractivity contribution in [1.82, 2.24) is 0 Å². The van der Waals surface area contributed by atoms with E-state index in [9.17, 15) is 14.0 Å². The maximum atomic E-state index is 13.8. The second kappa shape index (κ2) is 9.24. The number of amides is 1. The Bertz CT molecular complexity index is 1350. The second-order valence-corrected chi connectivity index (χ2v) is 7.53. The van der Waals surface area contributed by atoms with Gasteiger partial charge in [-0.25, -0.2) is 4.39 Å². The summed E-state index contributed by atoms with van der Waals surface area (Å²) in [5, 5.41) is 3.31. The van der Waals surface area contributed by atoms with Crippen LogP contribution in [0.5, 0.6) is 5.75 Å². The number of hydrogen-bond acceptors (Lipinski definition) is 4. The van der Waals surface area contributed by atoms with Crippen LogP contribution in [0.1, 0.15) is 12.5 Å². The van der Waals surface area contributed by atoms with Gasteiger partial charge in [0.05, 0.1) is 11.1 Å². The molecule has 0 unspecified atom stereocenters. The van der Waals surface area contributed by atoms with Crippen LogP contribution in [-0.4, -0.2) is 12.5 Å². The van der Waals surface area contributed by atoms with Gasteiger partial charge in [0.15, 0.2) is 12.4 Å². The minimum Gasteiger partial charge on any atom is -0.476 e. The average molecular weight is 452 g/mol. The van der Waals surface area contributed by atoms with E-state index in [0.29, 0.717) is 21.6 Å². The number of aryl methyl sites for hydroxylation is 1. The molecule has 1 aromatic heterocycles. The van der Waals surface area contributed by atoms with E-state index in [1.807, 2.05) is 13.0 Å². The van der Waals surface area contributed by atoms with E-state index < -0.39 is 23.8 Å². The number of rotatable bonds is 6. The van der Waals surface area contributed by atoms with Crippen LogP contribution in [0.2, 0.25) is 5.02 Å². The van der Waals surface area contributed by atoms with Gasteiger partial charge in [0.1, 0.15) is 11.4 Å². The number of para-hydroxylation sites is 1. The molecule has 162 valence electrons. The molecule has 0 atom stereocenters. The molecule has 1 heterocycles. The van der Waals surface area contributed by atoms with Crippen LogP contribution in [0.25, 0.3) is 22.3 Å². The van der Waals surface area contributed by atoms with Crippen LogP contribution >= 0.6 is 11.6 Å². The predicted molar refractivity (Wildman–Crippen MR) is 123 cm³/mol. The number of hydrogen-bond donors (Lipinski definition) is 1. The van der Waals surface area contributed by atoms with E-state index in [1.54, 1.807) is 42.5 Å². The smallest absolute Gasteiger partial charge is 0.262 e. The zero-order valence-corrected chi connectivity index (χ0v) is 17.9. The summed E-state index contributed by atoms with van der Waals surface area (Å²) in [5.74, 6) is -1.10. The fourth-order valence-electron chi connectivity index (χ4n) is 3.25. The van der Waals surface area contributed by atoms with Crippen molar-refractivity contribution in [2.24, 2.45) is 0 Å². The Labute approximate surface area is 188 Å². The number of halogens is 2. The molecule has 1 amide bonds. The van der Waals surface area contributed by atoms with Crippen LogP contribution < -0.4 is 15.5 Å². The number of fused-ring (bicyclic) bond motifs is 1. The Hall–Kier alpha value is -3.64. The standard InChI is InChI=1S/C25H19ClFNO4/c1-2-15-7-12-21-18(13-15)23(30)25(24(32-21)16-8-10-17(26)11-9-16)31-14-22(29)28-20-6-4-3-5-19(20)27/h3-13H,2,14H2,1H3,(H,28,29). The lowest BCUT2D eigenvalue weighted by Crippen LogP contribution is -2.23. The highest BCUT2D eigenvalue weighted by atomic mass is 35.5. The molecule has 3 aromatic carbocycles. The molecule has 0 aliphatic carbocycles. The minimum absolute atomic E-state index is 0.0251. The van der Waals surface area contributed by atoms with Gasteiger partial charge in [-0.15, -0.1) is 0 Å². The lowest BCUT2D eigenvalue weighted by atomic mass is 10.1. The molecule has 0 saturated heterocycles. The van der Waals surface area contributed by atoms with Crippen molar-refractivity contribution in [2.45, 2.75) is 13.3 Å². The van der Waals surface area contributed by atoms with Crippen LogP contribution in [0.15, 0.2) is 75.9 Å². The van der Waals surface area contributed by atoms with E-state index >= 15 is 0 Å². The van der Waals surface area contributed by atoms with Gasteiger partial charge >= 0.3 is 0 Å². The first kappa shape index (κ1) is 21.6. The van der Waals surface area contributed by atoms with Crippen LogP contribution in [0.4, 0.5) is 10.1 Å². The Morgan fingerprint density at radius 3 is 2.56 bits per heavy atom. The molecular weight excluding hydrogens is 433 g/mol. The summed E-state index contributed by atoms with van der Waals surface area (Å²) in [5.41, 5.74) is 1.56. The Morgan fingerprint density at radius 1 is 1.09 bits per heavy atom. The third kappa shape index (κ3) is 4.50. The van der Waals surface area contributed by atoms with Gasteiger partial charge in [0.25, 0.3) is 5.91 Å². The van der Waals surface area contributed by atoms with Crippen molar-refractivity contribution in [3.63, 3.8) is 0 Å². The molecule has 0 aliphatic rings. The molecule has 32 heavy (non-hydrogen) atoms. The summed E-state index contributed by atoms with van der Waals surface area (Å²) in [6, 6.07) is 17.9. The number of nitrogens with one attached hydrogen (secondary N) is 1. The normalized spacial score (nSPS) is 10.8. The van der Waals surface area contributed by atoms with Crippen molar-refractivity contribution in [3.8, 4) is 17.1 Å². The molecule has 4 aromatic rings. The van der Waals surface area contributed by atoms with E-state index in [-0.39, 0.29) is 17.2 Å². The Balaban J connectivity index is 1.72. The summed E-state index contributed by atoms with van der Waals surface area (Å²) in [4.78, 5) is 25.6. The molecule has 0 saturated carbocycles. The summed E-state index contributed by atoms with van der Waals surface area (Å²) in [6.45, 7) is 1.48. The summed E-state index contributed by atoms with van der Waals surface area (Å²) in [6.07, 6.45) is 0.746. The highest BCUT2D eigenvalue weighted by Crippen LogP contribution is 2.32. The number of benzene rings is 3. The first-order chi connectivity index (χ1) is 15.5. The predicted octanol–water partition coefficient (Wildman–Crippen LogP) is 5.83. The molecule has 4 rings (SSSR count). The van der Waals surface area contributed by atoms with E-state index in [4.69, 9.17) is 20.8 Å². The van der Waals surface area contributed by atoms with Crippen LogP contribution in [-0.2, 0) is 11.2 Å². The lowest BCUT2D eigenvalue weighted by molar-refractivity contribution is -0.118. The maximum Gasteiger partial charge on any atom is 0.262 e. The van der Waals surface area contributed by atoms with Gasteiger partial charge < -0.3 is 14.5 Å². The van der Waals surface area contributed by atoms with Crippen molar-refractivity contribution in [2.75, 3.05) is 11.9 Å². The Morgan fingerprint density at radius 2 is 1.84 bits per heavy atom. The number of ether oxygens (including phenoxy) is 1. The molecule has 0 bridgehead atoms. The van der Waals surface area contributed by atoms with Gasteiger partial charge in [0, 0.05) is 10.6 Å². The molecular formula is C25H19ClFNO4. The summed E-state index contributed by atoms with van der Waals surface area (Å²) in [7, 11) is 0. The van der Waals surface area contributed by atoms with E-state index in [2.05, 4.69) is 5.32 Å². The van der Waals surface area contributed by atoms with Gasteiger partial charge in [-0.05, 0) is 60.5 Å². The summed E-state index contributed by atoms with van der Waals surface area (Å²) < 4.78 is 25.5. The molecule has 7 heteroatoms. The first-order valence-corrected chi connectivity index (χ1v) is 10.4. The highest BCUT2D eigenvalue weighted by molar-refractivity contribution is 6.30. The van der Waals surface area contributed by atoms with Crippen molar-refractivity contribution in [3.05, 3.63) is 93.4 Å². The number of carbonyl (C=O) groups excluding carboxylic acids is 1. The third-order valence-electron chi connectivity index (χ3n) is 4.92. The zero-order chi connectivity index (χ0) is 22.7. The van der Waals surface area contributed by atoms with Gasteiger partial charge in [-0.3, -0.25) is 9.59 Å². The molecule has 0 spiro atoms. The number of anilines is 1. The van der Waals surface area contributed by atoms with E-state index in [0.717, 1.165) is 12.0 Å². The molecule has 0 radical (unpaired) electrons. The monoisotopic (exact) mass is 451 g/mol. The van der Waals surface area contributed by atoms with Crippen molar-refractivity contribution >= 4 is 34.2 Å². The fourth-order valence-corrected chi connectivity index (χ4v) is 3.38.